The molecule has 0 spiro atoms. The van der Waals surface area contributed by atoms with Gasteiger partial charge in [-0.2, -0.15) is 0 Å². The number of nitrogens with two attached hydrogens (primary N) is 1. The Morgan fingerprint density at radius 3 is 2.74 bits per heavy atom. The molecule has 2 nitrogen and oxygen atoms in total. The number of hydrogen-bond acceptors (Lipinski definition) is 2. The van der Waals surface area contributed by atoms with Crippen molar-refractivity contribution >= 4 is 22.5 Å². The van der Waals surface area contributed by atoms with Crippen LogP contribution in [0.4, 0.5) is 5.13 Å². The number of benzene rings is 1. The van der Waals surface area contributed by atoms with Gasteiger partial charge in [0.05, 0.1) is 5.41 Å². The number of thiazole rings is 1. The quantitative estimate of drug-likeness (QED) is 0.909. The summed E-state index contributed by atoms with van der Waals surface area (Å²) in [6.07, 6.45) is 6.86. The third kappa shape index (κ3) is 2.08. The SMILES string of the molecule is C=Cc1cccc(C2(c3csc(N)[nH+]3)CCCC2)c1. The van der Waals surface area contributed by atoms with E-state index in [1.54, 1.807) is 11.3 Å². The minimum Gasteiger partial charge on any atom is -0.278 e. The second-order valence-corrected chi connectivity index (χ2v) is 6.17. The van der Waals surface area contributed by atoms with E-state index in [9.17, 15) is 0 Å². The van der Waals surface area contributed by atoms with Crippen LogP contribution in [0.1, 0.15) is 42.5 Å². The third-order valence-corrected chi connectivity index (χ3v) is 4.92. The van der Waals surface area contributed by atoms with Crippen LogP contribution in [0.3, 0.4) is 0 Å². The Morgan fingerprint density at radius 2 is 2.11 bits per heavy atom. The summed E-state index contributed by atoms with van der Waals surface area (Å²) in [4.78, 5) is 3.37. The van der Waals surface area contributed by atoms with Gasteiger partial charge < -0.3 is 0 Å². The van der Waals surface area contributed by atoms with E-state index in [2.05, 4.69) is 41.2 Å². The molecule has 1 aliphatic rings. The Balaban J connectivity index is 2.12. The predicted molar refractivity (Wildman–Crippen MR) is 81.1 cm³/mol. The van der Waals surface area contributed by atoms with E-state index in [0.29, 0.717) is 0 Å². The summed E-state index contributed by atoms with van der Waals surface area (Å²) in [7, 11) is 0. The van der Waals surface area contributed by atoms with Gasteiger partial charge in [0.1, 0.15) is 5.69 Å². The molecule has 1 saturated carbocycles. The summed E-state index contributed by atoms with van der Waals surface area (Å²) in [5.74, 6) is 0. The molecular weight excluding hydrogens is 252 g/mol. The Kier molecular flexibility index (Phi) is 3.15. The molecule has 3 heteroatoms. The van der Waals surface area contributed by atoms with Crippen molar-refractivity contribution in [2.75, 3.05) is 5.73 Å². The first kappa shape index (κ1) is 12.4. The van der Waals surface area contributed by atoms with Crippen molar-refractivity contribution in [2.45, 2.75) is 31.1 Å². The Bertz CT molecular complexity index is 594. The van der Waals surface area contributed by atoms with Crippen molar-refractivity contribution in [2.24, 2.45) is 0 Å². The zero-order chi connectivity index (χ0) is 13.3. The first-order chi connectivity index (χ1) is 9.24. The first-order valence-corrected chi connectivity index (χ1v) is 7.62. The van der Waals surface area contributed by atoms with Gasteiger partial charge in [0.25, 0.3) is 0 Å². The Hall–Kier alpha value is -1.61. The standard InChI is InChI=1S/C16H18N2S/c1-2-12-6-5-7-13(10-12)16(8-3-4-9-16)14-11-19-15(17)18-14/h2,5-7,10-11H,1,3-4,8-9H2,(H2,17,18)/p+1. The highest BCUT2D eigenvalue weighted by Gasteiger charge is 2.41. The van der Waals surface area contributed by atoms with E-state index in [1.807, 2.05) is 6.08 Å². The van der Waals surface area contributed by atoms with Crippen LogP contribution >= 0.6 is 11.3 Å². The largest absolute Gasteiger partial charge is 0.329 e. The average molecular weight is 271 g/mol. The monoisotopic (exact) mass is 271 g/mol. The molecular formula is C16H19N2S+. The number of H-pyrrole nitrogens is 1. The van der Waals surface area contributed by atoms with Gasteiger partial charge in [-0.15, -0.1) is 0 Å². The fourth-order valence-electron chi connectivity index (χ4n) is 3.20. The summed E-state index contributed by atoms with van der Waals surface area (Å²) in [5.41, 5.74) is 9.85. The lowest BCUT2D eigenvalue weighted by Gasteiger charge is -2.26. The van der Waals surface area contributed by atoms with Crippen LogP contribution in [0.5, 0.6) is 0 Å². The van der Waals surface area contributed by atoms with Crippen LogP contribution in [-0.4, -0.2) is 0 Å². The van der Waals surface area contributed by atoms with Crippen molar-refractivity contribution < 1.29 is 4.98 Å². The maximum atomic E-state index is 5.89. The molecule has 0 unspecified atom stereocenters. The second kappa shape index (κ2) is 4.82. The van der Waals surface area contributed by atoms with Gasteiger partial charge in [-0.3, -0.25) is 5.73 Å². The van der Waals surface area contributed by atoms with Crippen molar-refractivity contribution in [3.63, 3.8) is 0 Å². The lowest BCUT2D eigenvalue weighted by atomic mass is 9.76. The summed E-state index contributed by atoms with van der Waals surface area (Å²) >= 11 is 1.60. The molecule has 1 fully saturated rings. The van der Waals surface area contributed by atoms with Crippen LogP contribution in [-0.2, 0) is 5.41 Å². The van der Waals surface area contributed by atoms with Gasteiger partial charge >= 0.3 is 5.13 Å². The van der Waals surface area contributed by atoms with E-state index >= 15 is 0 Å². The number of aromatic nitrogens is 1. The summed E-state index contributed by atoms with van der Waals surface area (Å²) in [5, 5.41) is 2.97. The molecule has 98 valence electrons. The minimum atomic E-state index is 0.118. The van der Waals surface area contributed by atoms with Crippen molar-refractivity contribution in [3.05, 3.63) is 53.0 Å². The maximum Gasteiger partial charge on any atom is 0.329 e. The highest BCUT2D eigenvalue weighted by atomic mass is 32.1. The number of nitrogen functional groups attached to an aromatic ring is 1. The maximum absolute atomic E-state index is 5.89. The number of aromatic amines is 1. The highest BCUT2D eigenvalue weighted by Crippen LogP contribution is 2.45. The van der Waals surface area contributed by atoms with E-state index < -0.39 is 0 Å². The molecule has 0 bridgehead atoms. The van der Waals surface area contributed by atoms with Crippen LogP contribution in [0.25, 0.3) is 6.08 Å². The highest BCUT2D eigenvalue weighted by molar-refractivity contribution is 7.13. The van der Waals surface area contributed by atoms with E-state index in [-0.39, 0.29) is 5.41 Å². The molecule has 1 aromatic heterocycles. The Labute approximate surface area is 118 Å². The zero-order valence-electron chi connectivity index (χ0n) is 11.0. The third-order valence-electron chi connectivity index (χ3n) is 4.21. The van der Waals surface area contributed by atoms with Gasteiger partial charge in [0, 0.05) is 5.38 Å². The van der Waals surface area contributed by atoms with Gasteiger partial charge in [0.2, 0.25) is 0 Å². The molecule has 0 amide bonds. The predicted octanol–water partition coefficient (Wildman–Crippen LogP) is 3.65. The van der Waals surface area contributed by atoms with Crippen molar-refractivity contribution in [3.8, 4) is 0 Å². The van der Waals surface area contributed by atoms with Crippen LogP contribution in [0.2, 0.25) is 0 Å². The summed E-state index contributed by atoms with van der Waals surface area (Å²) < 4.78 is 0. The first-order valence-electron chi connectivity index (χ1n) is 6.74. The summed E-state index contributed by atoms with van der Waals surface area (Å²) in [6, 6.07) is 8.73. The van der Waals surface area contributed by atoms with Gasteiger partial charge in [-0.25, -0.2) is 4.98 Å². The number of hydrogen-bond donors (Lipinski definition) is 1. The topological polar surface area (TPSA) is 40.2 Å². The molecule has 0 saturated heterocycles. The molecule has 0 radical (unpaired) electrons. The molecule has 0 atom stereocenters. The number of nitrogens with one attached hydrogen (secondary N) is 1. The van der Waals surface area contributed by atoms with E-state index in [1.165, 1.54) is 42.5 Å². The van der Waals surface area contributed by atoms with Gasteiger partial charge in [0.15, 0.2) is 0 Å². The zero-order valence-corrected chi connectivity index (χ0v) is 11.8. The van der Waals surface area contributed by atoms with Gasteiger partial charge in [-0.1, -0.05) is 61.1 Å². The van der Waals surface area contributed by atoms with Crippen LogP contribution < -0.4 is 10.7 Å². The molecule has 1 heterocycles. The normalized spacial score (nSPS) is 17.5. The fraction of sp³-hybridized carbons (Fsp3) is 0.312. The molecule has 0 aliphatic heterocycles. The number of rotatable bonds is 3. The molecule has 2 aromatic rings. The van der Waals surface area contributed by atoms with Gasteiger partial charge in [-0.05, 0) is 24.0 Å². The smallest absolute Gasteiger partial charge is 0.278 e. The second-order valence-electron chi connectivity index (χ2n) is 5.26. The lowest BCUT2D eigenvalue weighted by molar-refractivity contribution is -0.373. The molecule has 1 aromatic carbocycles. The minimum absolute atomic E-state index is 0.118. The van der Waals surface area contributed by atoms with Crippen molar-refractivity contribution in [1.29, 1.82) is 0 Å². The van der Waals surface area contributed by atoms with E-state index in [4.69, 9.17) is 5.73 Å². The molecule has 1 aliphatic carbocycles. The summed E-state index contributed by atoms with van der Waals surface area (Å²) in [6.45, 7) is 3.87. The van der Waals surface area contributed by atoms with Crippen LogP contribution in [0.15, 0.2) is 36.2 Å². The lowest BCUT2D eigenvalue weighted by Crippen LogP contribution is -2.30. The Morgan fingerprint density at radius 1 is 1.32 bits per heavy atom. The number of anilines is 1. The molecule has 3 N–H and O–H groups in total. The molecule has 19 heavy (non-hydrogen) atoms. The molecule has 3 rings (SSSR count). The fourth-order valence-corrected chi connectivity index (χ4v) is 3.90. The van der Waals surface area contributed by atoms with Crippen molar-refractivity contribution in [1.82, 2.24) is 0 Å². The van der Waals surface area contributed by atoms with Crippen LogP contribution in [0, 0.1) is 0 Å². The van der Waals surface area contributed by atoms with E-state index in [0.717, 1.165) is 5.13 Å². The average Bonchev–Trinajstić information content (AvgIpc) is 3.08.